The summed E-state index contributed by atoms with van der Waals surface area (Å²) in [5.41, 5.74) is 3.54. The van der Waals surface area contributed by atoms with E-state index in [1.807, 2.05) is 54.6 Å². The molecule has 284 valence electrons. The maximum absolute atomic E-state index is 13.0. The van der Waals surface area contributed by atoms with Gasteiger partial charge in [-0.1, -0.05) is 87.2 Å². The molecule has 0 bridgehead atoms. The number of nitrogens with one attached hydrogen (secondary N) is 2. The molecule has 0 heterocycles. The number of unbranched alkanes of at least 4 members (excludes halogenated alkanes) is 4. The van der Waals surface area contributed by atoms with Crippen LogP contribution in [0.5, 0.6) is 17.2 Å². The number of carboxylic acids is 1. The number of aliphatic carboxylic acids is 1. The third-order valence-corrected chi connectivity index (χ3v) is 8.73. The number of ether oxygens (including phenoxy) is 3. The van der Waals surface area contributed by atoms with Crippen molar-refractivity contribution in [3.05, 3.63) is 155 Å². The van der Waals surface area contributed by atoms with Gasteiger partial charge in [-0.3, -0.25) is 9.59 Å². The Hall–Kier alpha value is -6.42. The number of esters is 1. The number of carbonyl (C=O) groups excluding carboxylic acids is 3. The first kappa shape index (κ1) is 39.8. The molecule has 10 heteroatoms. The molecule has 0 aliphatic carbocycles. The van der Waals surface area contributed by atoms with Crippen LogP contribution in [-0.2, 0) is 29.0 Å². The predicted molar refractivity (Wildman–Crippen MR) is 211 cm³/mol. The lowest BCUT2D eigenvalue weighted by molar-refractivity contribution is -0.139. The molecular formula is C45H46N2O8. The second-order valence-corrected chi connectivity index (χ2v) is 13.1. The van der Waals surface area contributed by atoms with E-state index in [1.54, 1.807) is 60.7 Å². The van der Waals surface area contributed by atoms with Gasteiger partial charge in [-0.25, -0.2) is 9.59 Å². The van der Waals surface area contributed by atoms with Gasteiger partial charge in [0.2, 0.25) is 5.91 Å². The smallest absolute Gasteiger partial charge is 0.343 e. The second kappa shape index (κ2) is 20.7. The topological polar surface area (TPSA) is 140 Å². The van der Waals surface area contributed by atoms with E-state index in [2.05, 4.69) is 17.6 Å². The van der Waals surface area contributed by atoms with Crippen LogP contribution in [0.4, 0.5) is 5.69 Å². The number of carboxylic acid groups (broad SMARTS) is 1. The van der Waals surface area contributed by atoms with Gasteiger partial charge in [0.15, 0.2) is 0 Å². The molecule has 0 fully saturated rings. The fraction of sp³-hybridized carbons (Fsp3) is 0.244. The molecule has 1 atom stereocenters. The molecule has 0 unspecified atom stereocenters. The summed E-state index contributed by atoms with van der Waals surface area (Å²) in [4.78, 5) is 50.5. The lowest BCUT2D eigenvalue weighted by Crippen LogP contribution is -2.42. The van der Waals surface area contributed by atoms with Crippen molar-refractivity contribution in [2.45, 2.75) is 64.5 Å². The van der Waals surface area contributed by atoms with E-state index in [1.165, 1.54) is 31.4 Å². The summed E-state index contributed by atoms with van der Waals surface area (Å²) in [6.07, 6.45) is 5.87. The van der Waals surface area contributed by atoms with Gasteiger partial charge < -0.3 is 30.0 Å². The molecule has 0 aliphatic rings. The second-order valence-electron chi connectivity index (χ2n) is 13.1. The zero-order valence-electron chi connectivity index (χ0n) is 30.9. The minimum atomic E-state index is -1.22. The van der Waals surface area contributed by atoms with Crippen LogP contribution in [0.3, 0.4) is 0 Å². The van der Waals surface area contributed by atoms with Crippen molar-refractivity contribution in [2.24, 2.45) is 0 Å². The van der Waals surface area contributed by atoms with Gasteiger partial charge in [-0.2, -0.15) is 0 Å². The van der Waals surface area contributed by atoms with Crippen LogP contribution in [0.1, 0.15) is 76.4 Å². The molecular weight excluding hydrogens is 697 g/mol. The standard InChI is InChI=1S/C45H46N2O8/c1-2-3-4-5-9-27-53-38-25-19-36(20-26-38)45(52)55-39-23-15-32(16-24-39)29-41(44(50)51)47-43(49)35-17-21-37(22-18-35)46-42(48)30-34-13-10-14-40(28-34)54-31-33-11-7-6-8-12-33/h6-8,10-26,28,41H,2-5,9,27,29-31H2,1H3,(H,46,48)(H,47,49)(H,50,51)/t41-/m0/s1. The first-order chi connectivity index (χ1) is 26.7. The van der Waals surface area contributed by atoms with Crippen LogP contribution in [-0.4, -0.2) is 41.5 Å². The van der Waals surface area contributed by atoms with Crippen molar-refractivity contribution in [1.29, 1.82) is 0 Å². The Morgan fingerprint density at radius 1 is 0.636 bits per heavy atom. The molecule has 0 radical (unpaired) electrons. The van der Waals surface area contributed by atoms with Crippen molar-refractivity contribution < 1.29 is 38.5 Å². The Morgan fingerprint density at radius 3 is 2.02 bits per heavy atom. The monoisotopic (exact) mass is 742 g/mol. The molecule has 5 aromatic carbocycles. The fourth-order valence-corrected chi connectivity index (χ4v) is 5.70. The molecule has 55 heavy (non-hydrogen) atoms. The first-order valence-electron chi connectivity index (χ1n) is 18.5. The Balaban J connectivity index is 1.06. The molecule has 5 rings (SSSR count). The minimum Gasteiger partial charge on any atom is -0.494 e. The van der Waals surface area contributed by atoms with Gasteiger partial charge in [-0.05, 0) is 95.9 Å². The molecule has 2 amide bonds. The highest BCUT2D eigenvalue weighted by Crippen LogP contribution is 2.20. The molecule has 5 aromatic rings. The molecule has 3 N–H and O–H groups in total. The number of hydrogen-bond acceptors (Lipinski definition) is 7. The van der Waals surface area contributed by atoms with Gasteiger partial charge in [0.1, 0.15) is 29.9 Å². The summed E-state index contributed by atoms with van der Waals surface area (Å²) in [5.74, 6) is -0.906. The van der Waals surface area contributed by atoms with Crippen LogP contribution in [0.25, 0.3) is 0 Å². The Bertz CT molecular complexity index is 2000. The van der Waals surface area contributed by atoms with Crippen LogP contribution in [0.2, 0.25) is 0 Å². The normalized spacial score (nSPS) is 11.2. The maximum atomic E-state index is 13.0. The van der Waals surface area contributed by atoms with E-state index >= 15 is 0 Å². The van der Waals surface area contributed by atoms with Crippen LogP contribution >= 0.6 is 0 Å². The summed E-state index contributed by atoms with van der Waals surface area (Å²) in [6.45, 7) is 3.23. The van der Waals surface area contributed by atoms with Crippen molar-refractivity contribution in [1.82, 2.24) is 5.32 Å². The SMILES string of the molecule is CCCCCCCOc1ccc(C(=O)Oc2ccc(C[C@H](NC(=O)c3ccc(NC(=O)Cc4cccc(OCc5ccccc5)c4)cc3)C(=O)O)cc2)cc1. The van der Waals surface area contributed by atoms with Gasteiger partial charge in [0, 0.05) is 17.7 Å². The third-order valence-electron chi connectivity index (χ3n) is 8.73. The van der Waals surface area contributed by atoms with E-state index in [0.29, 0.717) is 47.3 Å². The van der Waals surface area contributed by atoms with Crippen LogP contribution in [0.15, 0.2) is 127 Å². The van der Waals surface area contributed by atoms with Crippen molar-refractivity contribution in [3.8, 4) is 17.2 Å². The molecule has 0 saturated heterocycles. The summed E-state index contributed by atoms with van der Waals surface area (Å²) in [6, 6.07) is 35.4. The van der Waals surface area contributed by atoms with Crippen molar-refractivity contribution in [3.63, 3.8) is 0 Å². The average Bonchev–Trinajstić information content (AvgIpc) is 3.19. The summed E-state index contributed by atoms with van der Waals surface area (Å²) < 4.78 is 17.1. The predicted octanol–water partition coefficient (Wildman–Crippen LogP) is 8.44. The molecule has 0 spiro atoms. The summed E-state index contributed by atoms with van der Waals surface area (Å²) >= 11 is 0. The van der Waals surface area contributed by atoms with Crippen molar-refractivity contribution >= 4 is 29.4 Å². The minimum absolute atomic E-state index is 0.00199. The van der Waals surface area contributed by atoms with Crippen molar-refractivity contribution in [2.75, 3.05) is 11.9 Å². The van der Waals surface area contributed by atoms with E-state index < -0.39 is 23.9 Å². The summed E-state index contributed by atoms with van der Waals surface area (Å²) in [7, 11) is 0. The number of carbonyl (C=O) groups is 4. The van der Waals surface area contributed by atoms with E-state index in [-0.39, 0.29) is 24.3 Å². The van der Waals surface area contributed by atoms with Crippen LogP contribution < -0.4 is 24.8 Å². The van der Waals surface area contributed by atoms with Crippen LogP contribution in [0, 0.1) is 0 Å². The average molecular weight is 743 g/mol. The first-order valence-corrected chi connectivity index (χ1v) is 18.5. The van der Waals surface area contributed by atoms with Gasteiger partial charge >= 0.3 is 11.9 Å². The highest BCUT2D eigenvalue weighted by Gasteiger charge is 2.22. The number of anilines is 1. The number of hydrogen-bond donors (Lipinski definition) is 3. The molecule has 0 saturated carbocycles. The van der Waals surface area contributed by atoms with Gasteiger partial charge in [0.05, 0.1) is 18.6 Å². The molecule has 10 nitrogen and oxygen atoms in total. The number of rotatable bonds is 20. The molecule has 0 aliphatic heterocycles. The lowest BCUT2D eigenvalue weighted by atomic mass is 10.0. The van der Waals surface area contributed by atoms with E-state index in [4.69, 9.17) is 14.2 Å². The number of amides is 2. The Kier molecular flexibility index (Phi) is 15.0. The van der Waals surface area contributed by atoms with E-state index in [0.717, 1.165) is 24.0 Å². The fourth-order valence-electron chi connectivity index (χ4n) is 5.70. The van der Waals surface area contributed by atoms with E-state index in [9.17, 15) is 24.3 Å². The maximum Gasteiger partial charge on any atom is 0.343 e. The zero-order chi connectivity index (χ0) is 38.8. The Morgan fingerprint density at radius 2 is 1.31 bits per heavy atom. The Labute approximate surface area is 321 Å². The van der Waals surface area contributed by atoms with Gasteiger partial charge in [-0.15, -0.1) is 0 Å². The third kappa shape index (κ3) is 13.2. The highest BCUT2D eigenvalue weighted by atomic mass is 16.5. The molecule has 0 aromatic heterocycles. The zero-order valence-corrected chi connectivity index (χ0v) is 30.9. The van der Waals surface area contributed by atoms with Gasteiger partial charge in [0.25, 0.3) is 5.91 Å². The number of benzene rings is 5. The largest absolute Gasteiger partial charge is 0.494 e. The highest BCUT2D eigenvalue weighted by molar-refractivity contribution is 5.98. The quantitative estimate of drug-likeness (QED) is 0.0410. The lowest BCUT2D eigenvalue weighted by Gasteiger charge is -2.15. The summed E-state index contributed by atoms with van der Waals surface area (Å²) in [5, 5.41) is 15.2.